The fourth-order valence-corrected chi connectivity index (χ4v) is 7.59. The lowest BCUT2D eigenvalue weighted by Crippen LogP contribution is -2.58. The molecule has 4 atom stereocenters. The zero-order chi connectivity index (χ0) is 43.7. The standard InChI is InChI=1S/C46H61N5O8S/c1-30(2)26-39(50-41(53)37(48-29-52)23-25-60-6)42(54)51-40(27-31-16-8-7-9-17-31)43(55)49-38(44(56)59-46(3,4)5)22-14-15-24-47-45(57)58-28-36-34-20-12-10-18-32(34)33-19-11-13-21-35(33)36/h7-13,16-21,29-30,36-40H,14-15,22-28H2,1-6H3,(H,47,57)(H,48,52)(H,49,55)(H,50,53)(H,51,54)/t37-,38-,39-,40-/m0/s1. The second-order valence-electron chi connectivity index (χ2n) is 16.4. The van der Waals surface area contributed by atoms with E-state index in [2.05, 4.69) is 50.8 Å². The minimum absolute atomic E-state index is 0.00122. The van der Waals surface area contributed by atoms with Crippen LogP contribution in [0.2, 0.25) is 0 Å². The van der Waals surface area contributed by atoms with Crippen LogP contribution in [0, 0.1) is 5.92 Å². The van der Waals surface area contributed by atoms with Gasteiger partial charge in [0.05, 0.1) is 0 Å². The largest absolute Gasteiger partial charge is 0.458 e. The van der Waals surface area contributed by atoms with Gasteiger partial charge in [-0.1, -0.05) is 92.7 Å². The van der Waals surface area contributed by atoms with Crippen LogP contribution >= 0.6 is 11.8 Å². The molecule has 0 aliphatic heterocycles. The molecule has 0 heterocycles. The number of unbranched alkanes of at least 4 members (excludes halogenated alkanes) is 1. The molecule has 14 heteroatoms. The Labute approximate surface area is 358 Å². The van der Waals surface area contributed by atoms with Crippen molar-refractivity contribution in [3.63, 3.8) is 0 Å². The van der Waals surface area contributed by atoms with E-state index in [9.17, 15) is 28.8 Å². The Balaban J connectivity index is 1.39. The first-order valence-corrected chi connectivity index (χ1v) is 22.1. The number of alkyl carbamates (subject to hydrolysis) is 1. The molecular formula is C46H61N5O8S. The number of esters is 1. The number of amides is 5. The molecule has 5 N–H and O–H groups in total. The van der Waals surface area contributed by atoms with Gasteiger partial charge in [0.2, 0.25) is 24.1 Å². The lowest BCUT2D eigenvalue weighted by Gasteiger charge is -2.28. The molecule has 0 saturated heterocycles. The smallest absolute Gasteiger partial charge is 0.407 e. The molecule has 5 amide bonds. The van der Waals surface area contributed by atoms with Crippen molar-refractivity contribution in [3.8, 4) is 11.1 Å². The van der Waals surface area contributed by atoms with Crippen molar-refractivity contribution in [3.05, 3.63) is 95.6 Å². The second kappa shape index (κ2) is 23.4. The summed E-state index contributed by atoms with van der Waals surface area (Å²) in [6.07, 6.45) is 3.69. The van der Waals surface area contributed by atoms with Crippen LogP contribution in [0.15, 0.2) is 78.9 Å². The number of fused-ring (bicyclic) bond motifs is 3. The van der Waals surface area contributed by atoms with E-state index in [-0.39, 0.29) is 44.2 Å². The van der Waals surface area contributed by atoms with E-state index in [1.165, 1.54) is 11.8 Å². The third-order valence-corrected chi connectivity index (χ3v) is 10.6. The highest BCUT2D eigenvalue weighted by molar-refractivity contribution is 7.98. The topological polar surface area (TPSA) is 181 Å². The molecule has 0 fully saturated rings. The summed E-state index contributed by atoms with van der Waals surface area (Å²) in [5, 5.41) is 13.8. The highest BCUT2D eigenvalue weighted by Gasteiger charge is 2.33. The van der Waals surface area contributed by atoms with Gasteiger partial charge in [0.1, 0.15) is 36.4 Å². The molecule has 324 valence electrons. The molecule has 4 rings (SSSR count). The lowest BCUT2D eigenvalue weighted by molar-refractivity contribution is -0.159. The van der Waals surface area contributed by atoms with E-state index in [1.54, 1.807) is 20.8 Å². The van der Waals surface area contributed by atoms with Crippen LogP contribution in [0.25, 0.3) is 11.1 Å². The van der Waals surface area contributed by atoms with Crippen LogP contribution in [0.1, 0.15) is 89.3 Å². The first kappa shape index (κ1) is 47.3. The predicted molar refractivity (Wildman–Crippen MR) is 234 cm³/mol. The highest BCUT2D eigenvalue weighted by atomic mass is 32.2. The fraction of sp³-hybridized carbons (Fsp3) is 0.478. The van der Waals surface area contributed by atoms with E-state index >= 15 is 0 Å². The van der Waals surface area contributed by atoms with Crippen molar-refractivity contribution in [1.29, 1.82) is 0 Å². The van der Waals surface area contributed by atoms with Gasteiger partial charge in [0.15, 0.2) is 0 Å². The summed E-state index contributed by atoms with van der Waals surface area (Å²) < 4.78 is 11.4. The number of hydrogen-bond acceptors (Lipinski definition) is 9. The maximum atomic E-state index is 14.1. The molecular weight excluding hydrogens is 783 g/mol. The predicted octanol–water partition coefficient (Wildman–Crippen LogP) is 5.65. The van der Waals surface area contributed by atoms with Crippen LogP contribution in [0.5, 0.6) is 0 Å². The monoisotopic (exact) mass is 843 g/mol. The van der Waals surface area contributed by atoms with E-state index in [0.717, 1.165) is 27.8 Å². The van der Waals surface area contributed by atoms with Gasteiger partial charge >= 0.3 is 12.1 Å². The molecule has 0 aromatic heterocycles. The van der Waals surface area contributed by atoms with E-state index in [0.29, 0.717) is 31.4 Å². The first-order chi connectivity index (χ1) is 28.7. The van der Waals surface area contributed by atoms with Gasteiger partial charge in [-0.15, -0.1) is 0 Å². The third-order valence-electron chi connectivity index (χ3n) is 9.99. The summed E-state index contributed by atoms with van der Waals surface area (Å²) in [4.78, 5) is 78.8. The zero-order valence-corrected chi connectivity index (χ0v) is 36.4. The molecule has 1 aliphatic rings. The Morgan fingerprint density at radius 1 is 0.733 bits per heavy atom. The van der Waals surface area contributed by atoms with Crippen molar-refractivity contribution in [2.75, 3.05) is 25.2 Å². The van der Waals surface area contributed by atoms with Crippen molar-refractivity contribution < 1.29 is 38.2 Å². The number of ether oxygens (including phenoxy) is 2. The maximum Gasteiger partial charge on any atom is 0.407 e. The van der Waals surface area contributed by atoms with Gasteiger partial charge < -0.3 is 36.1 Å². The Morgan fingerprint density at radius 3 is 1.90 bits per heavy atom. The fourth-order valence-electron chi connectivity index (χ4n) is 7.12. The SMILES string of the molecule is CSCC[C@H](NC=O)C(=O)N[C@@H](CC(C)C)C(=O)N[C@@H](Cc1ccccc1)C(=O)N[C@@H](CCCCNC(=O)OCC1c2ccccc2-c2ccccc21)C(=O)OC(C)(C)C. The van der Waals surface area contributed by atoms with Crippen LogP contribution in [-0.2, 0) is 39.9 Å². The van der Waals surface area contributed by atoms with Gasteiger partial charge in [-0.3, -0.25) is 19.2 Å². The molecule has 0 radical (unpaired) electrons. The van der Waals surface area contributed by atoms with Gasteiger partial charge in [-0.05, 0) is 98.6 Å². The number of carbonyl (C=O) groups excluding carboxylic acids is 6. The Hall–Kier alpha value is -5.37. The Morgan fingerprint density at radius 2 is 1.30 bits per heavy atom. The Bertz CT molecular complexity index is 1860. The number of thioether (sulfide) groups is 1. The van der Waals surface area contributed by atoms with Crippen LogP contribution in [0.3, 0.4) is 0 Å². The first-order valence-electron chi connectivity index (χ1n) is 20.7. The molecule has 0 bridgehead atoms. The van der Waals surface area contributed by atoms with Crippen molar-refractivity contribution in [2.24, 2.45) is 5.92 Å². The molecule has 60 heavy (non-hydrogen) atoms. The molecule has 3 aromatic carbocycles. The summed E-state index contributed by atoms with van der Waals surface area (Å²) >= 11 is 1.53. The molecule has 0 saturated carbocycles. The minimum atomic E-state index is -1.12. The van der Waals surface area contributed by atoms with E-state index < -0.39 is 59.6 Å². The summed E-state index contributed by atoms with van der Waals surface area (Å²) in [5.74, 6) is -1.75. The normalized spacial score (nSPS) is 14.1. The maximum absolute atomic E-state index is 14.1. The van der Waals surface area contributed by atoms with Crippen molar-refractivity contribution >= 4 is 48.0 Å². The van der Waals surface area contributed by atoms with Gasteiger partial charge in [0.25, 0.3) is 0 Å². The second-order valence-corrected chi connectivity index (χ2v) is 17.4. The number of rotatable bonds is 23. The van der Waals surface area contributed by atoms with Gasteiger partial charge in [-0.25, -0.2) is 9.59 Å². The quantitative estimate of drug-likeness (QED) is 0.0458. The van der Waals surface area contributed by atoms with Crippen molar-refractivity contribution in [1.82, 2.24) is 26.6 Å². The molecule has 0 unspecified atom stereocenters. The van der Waals surface area contributed by atoms with Crippen LogP contribution in [0.4, 0.5) is 4.79 Å². The molecule has 3 aromatic rings. The summed E-state index contributed by atoms with van der Waals surface area (Å²) in [6, 6.07) is 21.4. The Kier molecular flexibility index (Phi) is 18.5. The summed E-state index contributed by atoms with van der Waals surface area (Å²) in [5.41, 5.74) is 4.45. The summed E-state index contributed by atoms with van der Waals surface area (Å²) in [7, 11) is 0. The number of benzene rings is 3. The minimum Gasteiger partial charge on any atom is -0.458 e. The number of carbonyl (C=O) groups is 6. The molecule has 0 spiro atoms. The van der Waals surface area contributed by atoms with E-state index in [4.69, 9.17) is 9.47 Å². The van der Waals surface area contributed by atoms with Gasteiger partial charge in [-0.2, -0.15) is 11.8 Å². The summed E-state index contributed by atoms with van der Waals surface area (Å²) in [6.45, 7) is 9.50. The van der Waals surface area contributed by atoms with E-state index in [1.807, 2.05) is 74.7 Å². The average Bonchev–Trinajstić information content (AvgIpc) is 3.53. The molecule has 1 aliphatic carbocycles. The van der Waals surface area contributed by atoms with Gasteiger partial charge in [0, 0.05) is 18.9 Å². The van der Waals surface area contributed by atoms with Crippen molar-refractivity contribution in [2.45, 2.75) is 109 Å². The number of hydrogen-bond donors (Lipinski definition) is 5. The third kappa shape index (κ3) is 14.7. The zero-order valence-electron chi connectivity index (χ0n) is 35.6. The van der Waals surface area contributed by atoms with Crippen LogP contribution < -0.4 is 26.6 Å². The highest BCUT2D eigenvalue weighted by Crippen LogP contribution is 2.44. The number of nitrogens with one attached hydrogen (secondary N) is 5. The average molecular weight is 844 g/mol. The lowest BCUT2D eigenvalue weighted by atomic mass is 9.98. The van der Waals surface area contributed by atoms with Crippen LogP contribution in [-0.4, -0.2) is 91.1 Å². The molecule has 13 nitrogen and oxygen atoms in total.